The van der Waals surface area contributed by atoms with Gasteiger partial charge >= 0.3 is 11.9 Å². The minimum atomic E-state index is -1.30. The third-order valence-electron chi connectivity index (χ3n) is 3.12. The van der Waals surface area contributed by atoms with Crippen molar-refractivity contribution in [2.75, 3.05) is 13.2 Å². The smallest absolute Gasteiger partial charge is 0.348 e. The van der Waals surface area contributed by atoms with Crippen molar-refractivity contribution in [2.24, 2.45) is 5.73 Å². The molecule has 0 saturated carbocycles. The van der Waals surface area contributed by atoms with Crippen LogP contribution in [0.4, 0.5) is 0 Å². The first-order valence-electron chi connectivity index (χ1n) is 7.68. The number of primary amides is 1. The number of hydrogen-bond acceptors (Lipinski definition) is 7. The van der Waals surface area contributed by atoms with Gasteiger partial charge in [-0.25, -0.2) is 9.59 Å². The minimum absolute atomic E-state index is 0.228. The van der Waals surface area contributed by atoms with E-state index in [0.29, 0.717) is 27.2 Å². The standard InChI is InChI=1S/C17H18INO7/c1-4-23-12-7-9(6-11(18)14(12)24-8-13(19)20)5-10-15(21)25-17(2,3)26-16(10)22/h5-7H,4,8H2,1-3H3,(H2,19,20). The largest absolute Gasteiger partial charge is 0.490 e. The van der Waals surface area contributed by atoms with Crippen molar-refractivity contribution < 1.29 is 33.3 Å². The second-order valence-electron chi connectivity index (χ2n) is 5.75. The predicted octanol–water partition coefficient (Wildman–Crippen LogP) is 1.77. The molecule has 1 aromatic rings. The highest BCUT2D eigenvalue weighted by molar-refractivity contribution is 14.1. The SMILES string of the molecule is CCOc1cc(C=C2C(=O)OC(C)(C)OC2=O)cc(I)c1OCC(N)=O. The molecule has 0 radical (unpaired) electrons. The minimum Gasteiger partial charge on any atom is -0.490 e. The molecule has 140 valence electrons. The quantitative estimate of drug-likeness (QED) is 0.289. The summed E-state index contributed by atoms with van der Waals surface area (Å²) in [6.45, 7) is 4.78. The maximum absolute atomic E-state index is 12.1. The Morgan fingerprint density at radius 1 is 1.23 bits per heavy atom. The molecule has 0 unspecified atom stereocenters. The monoisotopic (exact) mass is 475 g/mol. The van der Waals surface area contributed by atoms with Gasteiger partial charge in [0, 0.05) is 13.8 Å². The fourth-order valence-corrected chi connectivity index (χ4v) is 2.94. The first-order chi connectivity index (χ1) is 12.1. The van der Waals surface area contributed by atoms with Gasteiger partial charge in [0.15, 0.2) is 18.1 Å². The summed E-state index contributed by atoms with van der Waals surface area (Å²) in [6.07, 6.45) is 1.35. The zero-order valence-corrected chi connectivity index (χ0v) is 16.6. The highest BCUT2D eigenvalue weighted by Crippen LogP contribution is 2.35. The maximum Gasteiger partial charge on any atom is 0.348 e. The fourth-order valence-electron chi connectivity index (χ4n) is 2.16. The molecule has 0 bridgehead atoms. The molecule has 9 heteroatoms. The number of halogens is 1. The first-order valence-corrected chi connectivity index (χ1v) is 8.76. The lowest BCUT2D eigenvalue weighted by molar-refractivity contribution is -0.222. The van der Waals surface area contributed by atoms with Gasteiger partial charge in [-0.05, 0) is 53.3 Å². The Kier molecular flexibility index (Phi) is 6.11. The lowest BCUT2D eigenvalue weighted by Crippen LogP contribution is -2.41. The molecular formula is C17H18INO7. The van der Waals surface area contributed by atoms with Crippen LogP contribution >= 0.6 is 22.6 Å². The number of rotatable bonds is 6. The van der Waals surface area contributed by atoms with Gasteiger partial charge < -0.3 is 24.7 Å². The summed E-state index contributed by atoms with van der Waals surface area (Å²) in [7, 11) is 0. The fraction of sp³-hybridized carbons (Fsp3) is 0.353. The number of carbonyl (C=O) groups is 3. The molecule has 2 N–H and O–H groups in total. The van der Waals surface area contributed by atoms with Crippen molar-refractivity contribution in [3.63, 3.8) is 0 Å². The van der Waals surface area contributed by atoms with E-state index in [2.05, 4.69) is 0 Å². The summed E-state index contributed by atoms with van der Waals surface area (Å²) in [5.74, 6) is -2.76. The number of amides is 1. The van der Waals surface area contributed by atoms with Crippen molar-refractivity contribution in [2.45, 2.75) is 26.6 Å². The van der Waals surface area contributed by atoms with Gasteiger partial charge in [0.1, 0.15) is 5.57 Å². The molecule has 0 spiro atoms. The van der Waals surface area contributed by atoms with Gasteiger partial charge in [-0.2, -0.15) is 0 Å². The van der Waals surface area contributed by atoms with E-state index < -0.39 is 23.6 Å². The Morgan fingerprint density at radius 2 is 1.85 bits per heavy atom. The number of esters is 2. The highest BCUT2D eigenvalue weighted by atomic mass is 127. The molecule has 26 heavy (non-hydrogen) atoms. The van der Waals surface area contributed by atoms with Crippen LogP contribution in [0, 0.1) is 3.57 Å². The van der Waals surface area contributed by atoms with Crippen molar-refractivity contribution in [3.8, 4) is 11.5 Å². The topological polar surface area (TPSA) is 114 Å². The van der Waals surface area contributed by atoms with Gasteiger partial charge in [-0.15, -0.1) is 0 Å². The second-order valence-corrected chi connectivity index (χ2v) is 6.92. The number of ether oxygens (including phenoxy) is 4. The maximum atomic E-state index is 12.1. The summed E-state index contributed by atoms with van der Waals surface area (Å²) in [6, 6.07) is 3.24. The van der Waals surface area contributed by atoms with Crippen LogP contribution in [-0.4, -0.2) is 36.8 Å². The number of benzene rings is 1. The van der Waals surface area contributed by atoms with Crippen molar-refractivity contribution in [1.82, 2.24) is 0 Å². The van der Waals surface area contributed by atoms with E-state index in [-0.39, 0.29) is 12.2 Å². The molecule has 2 rings (SSSR count). The zero-order chi connectivity index (χ0) is 19.5. The Balaban J connectivity index is 2.39. The summed E-state index contributed by atoms with van der Waals surface area (Å²) in [5.41, 5.74) is 5.38. The second kappa shape index (κ2) is 7.94. The molecule has 1 heterocycles. The average molecular weight is 475 g/mol. The zero-order valence-electron chi connectivity index (χ0n) is 14.5. The predicted molar refractivity (Wildman–Crippen MR) is 99.3 cm³/mol. The van der Waals surface area contributed by atoms with E-state index in [0.717, 1.165) is 0 Å². The summed E-state index contributed by atoms with van der Waals surface area (Å²) < 4.78 is 21.7. The number of carbonyl (C=O) groups excluding carboxylic acids is 3. The highest BCUT2D eigenvalue weighted by Gasteiger charge is 2.38. The van der Waals surface area contributed by atoms with Gasteiger partial charge in [-0.3, -0.25) is 4.79 Å². The van der Waals surface area contributed by atoms with Crippen LogP contribution in [-0.2, 0) is 23.9 Å². The van der Waals surface area contributed by atoms with Crippen LogP contribution < -0.4 is 15.2 Å². The average Bonchev–Trinajstić information content (AvgIpc) is 2.49. The first kappa shape index (κ1) is 20.0. The Hall–Kier alpha value is -2.30. The van der Waals surface area contributed by atoms with E-state index in [1.165, 1.54) is 19.9 Å². The van der Waals surface area contributed by atoms with Gasteiger partial charge in [-0.1, -0.05) is 0 Å². The molecule has 0 atom stereocenters. The molecule has 1 saturated heterocycles. The molecule has 8 nitrogen and oxygen atoms in total. The number of nitrogens with two attached hydrogens (primary N) is 1. The molecule has 1 amide bonds. The van der Waals surface area contributed by atoms with E-state index in [1.54, 1.807) is 19.1 Å². The molecule has 1 fully saturated rings. The van der Waals surface area contributed by atoms with Crippen LogP contribution in [0.3, 0.4) is 0 Å². The molecular weight excluding hydrogens is 457 g/mol. The summed E-state index contributed by atoms with van der Waals surface area (Å²) in [4.78, 5) is 35.1. The van der Waals surface area contributed by atoms with Gasteiger partial charge in [0.05, 0.1) is 10.2 Å². The van der Waals surface area contributed by atoms with Crippen molar-refractivity contribution in [3.05, 3.63) is 26.8 Å². The molecule has 0 aromatic heterocycles. The third kappa shape index (κ3) is 4.87. The van der Waals surface area contributed by atoms with Crippen molar-refractivity contribution in [1.29, 1.82) is 0 Å². The number of hydrogen-bond donors (Lipinski definition) is 1. The molecule has 0 aliphatic carbocycles. The van der Waals surface area contributed by atoms with E-state index >= 15 is 0 Å². The van der Waals surface area contributed by atoms with Crippen LogP contribution in [0.25, 0.3) is 6.08 Å². The third-order valence-corrected chi connectivity index (χ3v) is 3.92. The lowest BCUT2D eigenvalue weighted by Gasteiger charge is -2.29. The Labute approximate surface area is 163 Å². The van der Waals surface area contributed by atoms with E-state index in [9.17, 15) is 14.4 Å². The van der Waals surface area contributed by atoms with Gasteiger partial charge in [0.25, 0.3) is 11.7 Å². The Bertz CT molecular complexity index is 764. The van der Waals surface area contributed by atoms with Crippen LogP contribution in [0.1, 0.15) is 26.3 Å². The molecule has 1 aliphatic rings. The van der Waals surface area contributed by atoms with Crippen LogP contribution in [0.5, 0.6) is 11.5 Å². The molecule has 1 aliphatic heterocycles. The van der Waals surface area contributed by atoms with E-state index in [1.807, 2.05) is 22.6 Å². The van der Waals surface area contributed by atoms with Crippen LogP contribution in [0.2, 0.25) is 0 Å². The lowest BCUT2D eigenvalue weighted by atomic mass is 10.1. The van der Waals surface area contributed by atoms with Crippen molar-refractivity contribution >= 4 is 46.5 Å². The summed E-state index contributed by atoms with van der Waals surface area (Å²) in [5, 5.41) is 0. The Morgan fingerprint density at radius 3 is 2.38 bits per heavy atom. The van der Waals surface area contributed by atoms with Gasteiger partial charge in [0.2, 0.25) is 0 Å². The normalized spacial score (nSPS) is 15.8. The van der Waals surface area contributed by atoms with Crippen LogP contribution in [0.15, 0.2) is 17.7 Å². The van der Waals surface area contributed by atoms with E-state index in [4.69, 9.17) is 24.7 Å². The number of cyclic esters (lactones) is 2. The summed E-state index contributed by atoms with van der Waals surface area (Å²) >= 11 is 1.99. The molecule has 1 aromatic carbocycles.